The highest BCUT2D eigenvalue weighted by Gasteiger charge is 2.55. The maximum absolute atomic E-state index is 11.8. The average Bonchev–Trinajstić information content (AvgIpc) is 2.82. The molecule has 0 unspecified atom stereocenters. The van der Waals surface area contributed by atoms with Gasteiger partial charge in [0.1, 0.15) is 48.8 Å². The first-order chi connectivity index (χ1) is 17.6. The number of carbonyl (C=O) groups is 3. The number of nitrogens with two attached hydrogens (primary N) is 1. The van der Waals surface area contributed by atoms with E-state index in [4.69, 9.17) is 29.4 Å². The number of carboxylic acids is 2. The molecule has 11 N–H and O–H groups in total. The van der Waals surface area contributed by atoms with E-state index in [1.54, 1.807) is 0 Å². The van der Waals surface area contributed by atoms with Crippen LogP contribution in [-0.2, 0) is 38.1 Å². The zero-order valence-corrected chi connectivity index (χ0v) is 20.1. The molecule has 1 amide bonds. The Morgan fingerprint density at radius 2 is 1.24 bits per heavy atom. The van der Waals surface area contributed by atoms with E-state index in [-0.39, 0.29) is 0 Å². The maximum Gasteiger partial charge on any atom is 0.335 e. The van der Waals surface area contributed by atoms with Crippen LogP contribution in [0, 0.1) is 0 Å². The van der Waals surface area contributed by atoms with Gasteiger partial charge in [-0.15, -0.1) is 0 Å². The number of aliphatic carboxylic acids is 2. The van der Waals surface area contributed by atoms with Crippen LogP contribution in [0.4, 0.5) is 0 Å². The smallest absolute Gasteiger partial charge is 0.335 e. The number of hydrogen-bond acceptors (Lipinski definition) is 15. The molecule has 0 saturated carbocycles. The molecule has 3 fully saturated rings. The predicted molar refractivity (Wildman–Crippen MR) is 115 cm³/mol. The normalized spacial score (nSPS) is 47.8. The molecule has 38 heavy (non-hydrogen) atoms. The summed E-state index contributed by atoms with van der Waals surface area (Å²) >= 11 is 0. The fourth-order valence-corrected chi connectivity index (χ4v) is 4.41. The fraction of sp³-hybridized carbons (Fsp3) is 0.850. The van der Waals surface area contributed by atoms with Gasteiger partial charge in [-0.25, -0.2) is 9.59 Å². The Morgan fingerprint density at radius 1 is 0.737 bits per heavy atom. The van der Waals surface area contributed by atoms with E-state index < -0.39 is 110 Å². The summed E-state index contributed by atoms with van der Waals surface area (Å²) in [6.45, 7) is 2.60. The van der Waals surface area contributed by atoms with Gasteiger partial charge < -0.3 is 75.6 Å². The molecular weight excluding hydrogens is 524 g/mol. The molecule has 0 aliphatic carbocycles. The Labute approximate surface area is 214 Å². The van der Waals surface area contributed by atoms with Crippen LogP contribution in [0.5, 0.6) is 0 Å². The lowest BCUT2D eigenvalue weighted by Gasteiger charge is -2.48. The Morgan fingerprint density at radius 3 is 1.76 bits per heavy atom. The summed E-state index contributed by atoms with van der Waals surface area (Å²) in [4.78, 5) is 34.8. The first kappa shape index (κ1) is 30.5. The Kier molecular flexibility index (Phi) is 9.61. The zero-order valence-electron chi connectivity index (χ0n) is 20.1. The largest absolute Gasteiger partial charge is 0.479 e. The van der Waals surface area contributed by atoms with Crippen molar-refractivity contribution in [3.8, 4) is 0 Å². The van der Waals surface area contributed by atoms with Crippen LogP contribution in [-0.4, -0.2) is 151 Å². The van der Waals surface area contributed by atoms with Gasteiger partial charge in [-0.3, -0.25) is 4.79 Å². The van der Waals surface area contributed by atoms with Crippen molar-refractivity contribution in [2.24, 2.45) is 5.73 Å². The van der Waals surface area contributed by atoms with Crippen LogP contribution in [0.1, 0.15) is 13.8 Å². The molecule has 18 nitrogen and oxygen atoms in total. The van der Waals surface area contributed by atoms with E-state index in [1.807, 2.05) is 0 Å². The summed E-state index contributed by atoms with van der Waals surface area (Å²) in [5, 5.41) is 83.0. The predicted octanol–water partition coefficient (Wildman–Crippen LogP) is -6.25. The van der Waals surface area contributed by atoms with Crippen molar-refractivity contribution in [2.75, 3.05) is 0 Å². The van der Waals surface area contributed by atoms with E-state index in [0.717, 1.165) is 6.92 Å². The van der Waals surface area contributed by atoms with E-state index >= 15 is 0 Å². The van der Waals surface area contributed by atoms with Crippen LogP contribution in [0.3, 0.4) is 0 Å². The topological polar surface area (TPSA) is 297 Å². The maximum atomic E-state index is 11.8. The second kappa shape index (κ2) is 12.0. The van der Waals surface area contributed by atoms with Crippen LogP contribution in [0.15, 0.2) is 0 Å². The van der Waals surface area contributed by atoms with Crippen molar-refractivity contribution in [3.63, 3.8) is 0 Å². The minimum atomic E-state index is -2.15. The summed E-state index contributed by atoms with van der Waals surface area (Å²) < 4.78 is 26.5. The molecule has 0 radical (unpaired) electrons. The SMILES string of the molecule is CC(=O)N[C@@H]1[C@@H](O[C@H]2O[C@H](C(=O)O)[C@H](O)[C@H](O[C@H]3O[C@H](C(=O)O)[C@H](O)[C@H](O)[C@H]3O)[C@H]2O)[C@@H](N)[C@@H](C)O[C@@H]1O. The number of aliphatic hydroxyl groups is 6. The van der Waals surface area contributed by atoms with Gasteiger partial charge in [0, 0.05) is 6.92 Å². The van der Waals surface area contributed by atoms with Crippen molar-refractivity contribution in [2.45, 2.75) is 106 Å². The third kappa shape index (κ3) is 6.06. The highest BCUT2D eigenvalue weighted by atomic mass is 16.7. The van der Waals surface area contributed by atoms with Crippen LogP contribution in [0.25, 0.3) is 0 Å². The van der Waals surface area contributed by atoms with Crippen molar-refractivity contribution >= 4 is 17.8 Å². The zero-order chi connectivity index (χ0) is 28.6. The number of carbonyl (C=O) groups excluding carboxylic acids is 1. The van der Waals surface area contributed by atoms with Gasteiger partial charge in [-0.2, -0.15) is 0 Å². The third-order valence-corrected chi connectivity index (χ3v) is 6.49. The van der Waals surface area contributed by atoms with Gasteiger partial charge in [-0.05, 0) is 6.92 Å². The van der Waals surface area contributed by atoms with Crippen LogP contribution < -0.4 is 11.1 Å². The number of nitrogens with one attached hydrogen (secondary N) is 1. The lowest BCUT2D eigenvalue weighted by atomic mass is 9.94. The van der Waals surface area contributed by atoms with Gasteiger partial charge in [0.25, 0.3) is 0 Å². The molecule has 0 aromatic carbocycles. The number of ether oxygens (including phenoxy) is 5. The molecule has 3 heterocycles. The highest BCUT2D eigenvalue weighted by Crippen LogP contribution is 2.32. The molecule has 3 aliphatic rings. The number of hydrogen-bond donors (Lipinski definition) is 10. The molecule has 3 aliphatic heterocycles. The molecular formula is C20H32N2O16. The molecule has 3 saturated heterocycles. The molecule has 0 spiro atoms. The molecule has 18 heteroatoms. The van der Waals surface area contributed by atoms with Crippen LogP contribution in [0.2, 0.25) is 0 Å². The molecule has 0 aromatic heterocycles. The van der Waals surface area contributed by atoms with E-state index in [9.17, 15) is 55.2 Å². The second-order valence-electron chi connectivity index (χ2n) is 9.22. The summed E-state index contributed by atoms with van der Waals surface area (Å²) in [6.07, 6.45) is -24.5. The minimum absolute atomic E-state index is 0.615. The van der Waals surface area contributed by atoms with Gasteiger partial charge in [0.05, 0.1) is 12.1 Å². The van der Waals surface area contributed by atoms with Crippen molar-refractivity contribution in [3.05, 3.63) is 0 Å². The van der Waals surface area contributed by atoms with E-state index in [1.165, 1.54) is 6.92 Å². The summed E-state index contributed by atoms with van der Waals surface area (Å²) in [7, 11) is 0. The molecule has 15 atom stereocenters. The summed E-state index contributed by atoms with van der Waals surface area (Å²) in [5.74, 6) is -4.09. The van der Waals surface area contributed by atoms with Crippen LogP contribution >= 0.6 is 0 Å². The molecule has 218 valence electrons. The fourth-order valence-electron chi connectivity index (χ4n) is 4.41. The number of amides is 1. The molecule has 3 rings (SSSR count). The number of carboxylic acid groups (broad SMARTS) is 2. The average molecular weight is 556 g/mol. The lowest BCUT2D eigenvalue weighted by Crippen LogP contribution is -2.69. The minimum Gasteiger partial charge on any atom is -0.479 e. The monoisotopic (exact) mass is 556 g/mol. The van der Waals surface area contributed by atoms with Gasteiger partial charge in [0.2, 0.25) is 5.91 Å². The first-order valence-electron chi connectivity index (χ1n) is 11.5. The Balaban J connectivity index is 1.87. The summed E-state index contributed by atoms with van der Waals surface area (Å²) in [6, 6.07) is -2.36. The number of aliphatic hydroxyl groups excluding tert-OH is 6. The standard InChI is InChI=1S/C20H32N2O16/c1-3-5(21)12(6(18(33)34-3)22-4(2)23)35-20-11(28)13(10(27)15(38-20)17(31)32)36-19-9(26)7(24)8(25)14(37-19)16(29)30/h3,5-15,18-20,24-28,33H,21H2,1-2H3,(H,22,23)(H,29,30)(H,31,32)/t3-,5+,6-,7+,8-,9-,10-,11-,12+,13+,14+,15+,18+,19+,20+/m1/s1. The van der Waals surface area contributed by atoms with Crippen molar-refractivity contribution in [1.29, 1.82) is 0 Å². The number of rotatable bonds is 7. The first-order valence-corrected chi connectivity index (χ1v) is 11.5. The molecule has 0 aromatic rings. The third-order valence-electron chi connectivity index (χ3n) is 6.49. The highest BCUT2D eigenvalue weighted by molar-refractivity contribution is 5.74. The van der Waals surface area contributed by atoms with Gasteiger partial charge >= 0.3 is 11.9 Å². The quantitative estimate of drug-likeness (QED) is 0.139. The van der Waals surface area contributed by atoms with Crippen molar-refractivity contribution in [1.82, 2.24) is 5.32 Å². The second-order valence-corrected chi connectivity index (χ2v) is 9.22. The molecule has 0 bridgehead atoms. The Hall–Kier alpha value is -2.07. The Bertz CT molecular complexity index is 878. The van der Waals surface area contributed by atoms with Crippen molar-refractivity contribution < 1.29 is 78.9 Å². The van der Waals surface area contributed by atoms with Gasteiger partial charge in [-0.1, -0.05) is 0 Å². The van der Waals surface area contributed by atoms with Gasteiger partial charge in [0.15, 0.2) is 31.1 Å². The van der Waals surface area contributed by atoms with E-state index in [0.29, 0.717) is 0 Å². The van der Waals surface area contributed by atoms with E-state index in [2.05, 4.69) is 5.32 Å². The summed E-state index contributed by atoms with van der Waals surface area (Å²) in [5.41, 5.74) is 6.10. The lowest BCUT2D eigenvalue weighted by molar-refractivity contribution is -0.361.